The highest BCUT2D eigenvalue weighted by Gasteiger charge is 2.37. The molecule has 0 aromatic heterocycles. The Bertz CT molecular complexity index is 422. The first-order valence-corrected chi connectivity index (χ1v) is 6.43. The number of likely N-dealkylation sites (tertiary alicyclic amines) is 1. The molecule has 0 radical (unpaired) electrons. The lowest BCUT2D eigenvalue weighted by atomic mass is 9.89. The number of esters is 1. The molecule has 0 N–H and O–H groups in total. The fourth-order valence-corrected chi connectivity index (χ4v) is 2.88. The van der Waals surface area contributed by atoms with Crippen LogP contribution in [0.15, 0.2) is 28.7 Å². The van der Waals surface area contributed by atoms with Gasteiger partial charge in [0.25, 0.3) is 0 Å². The van der Waals surface area contributed by atoms with Crippen molar-refractivity contribution < 1.29 is 9.53 Å². The van der Waals surface area contributed by atoms with Crippen LogP contribution in [0.5, 0.6) is 0 Å². The van der Waals surface area contributed by atoms with Gasteiger partial charge in [0.2, 0.25) is 0 Å². The Kier molecular flexibility index (Phi) is 3.84. The van der Waals surface area contributed by atoms with E-state index in [0.29, 0.717) is 0 Å². The summed E-state index contributed by atoms with van der Waals surface area (Å²) in [6, 6.07) is 8.16. The van der Waals surface area contributed by atoms with Gasteiger partial charge in [0, 0.05) is 23.5 Å². The van der Waals surface area contributed by atoms with Crippen LogP contribution in [0, 0.1) is 5.92 Å². The van der Waals surface area contributed by atoms with Gasteiger partial charge in [-0.15, -0.1) is 0 Å². The lowest BCUT2D eigenvalue weighted by Gasteiger charge is -2.16. The van der Waals surface area contributed by atoms with Gasteiger partial charge >= 0.3 is 5.97 Å². The highest BCUT2D eigenvalue weighted by molar-refractivity contribution is 9.10. The van der Waals surface area contributed by atoms with Gasteiger partial charge in [0.15, 0.2) is 0 Å². The van der Waals surface area contributed by atoms with Crippen molar-refractivity contribution in [2.75, 3.05) is 27.2 Å². The second kappa shape index (κ2) is 5.19. The topological polar surface area (TPSA) is 29.5 Å². The molecule has 2 rings (SSSR count). The van der Waals surface area contributed by atoms with E-state index < -0.39 is 0 Å². The minimum absolute atomic E-state index is 0.0562. The largest absolute Gasteiger partial charge is 0.469 e. The van der Waals surface area contributed by atoms with Gasteiger partial charge < -0.3 is 9.64 Å². The molecule has 3 nitrogen and oxygen atoms in total. The molecular weight excluding hydrogens is 282 g/mol. The molecule has 4 heteroatoms. The maximum atomic E-state index is 11.8. The summed E-state index contributed by atoms with van der Waals surface area (Å²) < 4.78 is 5.94. The van der Waals surface area contributed by atoms with Gasteiger partial charge in [-0.1, -0.05) is 28.1 Å². The molecule has 17 heavy (non-hydrogen) atoms. The number of carbonyl (C=O) groups is 1. The van der Waals surface area contributed by atoms with Gasteiger partial charge in [-0.25, -0.2) is 0 Å². The predicted molar refractivity (Wildman–Crippen MR) is 69.9 cm³/mol. The van der Waals surface area contributed by atoms with E-state index in [1.807, 2.05) is 19.2 Å². The van der Waals surface area contributed by atoms with Crippen molar-refractivity contribution in [3.63, 3.8) is 0 Å². The molecule has 0 amide bonds. The summed E-state index contributed by atoms with van der Waals surface area (Å²) in [5.41, 5.74) is 1.19. The third-order valence-corrected chi connectivity index (χ3v) is 3.78. The first kappa shape index (κ1) is 12.6. The lowest BCUT2D eigenvalue weighted by Crippen LogP contribution is -2.23. The molecular formula is C13H16BrNO2. The summed E-state index contributed by atoms with van der Waals surface area (Å²) in [6.07, 6.45) is 0. The first-order chi connectivity index (χ1) is 8.11. The quantitative estimate of drug-likeness (QED) is 0.785. The Hall–Kier alpha value is -0.870. The van der Waals surface area contributed by atoms with Crippen LogP contribution in [0.25, 0.3) is 0 Å². The Morgan fingerprint density at radius 3 is 2.88 bits per heavy atom. The maximum absolute atomic E-state index is 11.8. The standard InChI is InChI=1S/C13H16BrNO2/c1-15-7-11(12(8-15)13(16)17-2)9-4-3-5-10(14)6-9/h3-6,11-12H,7-8H2,1-2H3/t11-,12+/m1/s1. The van der Waals surface area contributed by atoms with Crippen molar-refractivity contribution in [3.05, 3.63) is 34.3 Å². The van der Waals surface area contributed by atoms with Crippen molar-refractivity contribution in [2.24, 2.45) is 5.92 Å². The van der Waals surface area contributed by atoms with Gasteiger partial charge in [0.1, 0.15) is 0 Å². The summed E-state index contributed by atoms with van der Waals surface area (Å²) in [5, 5.41) is 0. The molecule has 1 aromatic carbocycles. The Balaban J connectivity index is 2.26. The summed E-state index contributed by atoms with van der Waals surface area (Å²) in [4.78, 5) is 13.9. The minimum atomic E-state index is -0.112. The number of rotatable bonds is 2. The second-order valence-electron chi connectivity index (χ2n) is 4.51. The molecule has 0 spiro atoms. The molecule has 0 saturated carbocycles. The van der Waals surface area contributed by atoms with E-state index in [9.17, 15) is 4.79 Å². The van der Waals surface area contributed by atoms with Crippen LogP contribution in [-0.4, -0.2) is 38.1 Å². The van der Waals surface area contributed by atoms with E-state index in [4.69, 9.17) is 4.74 Å². The smallest absolute Gasteiger partial charge is 0.310 e. The summed E-state index contributed by atoms with van der Waals surface area (Å²) >= 11 is 3.47. The molecule has 1 aliphatic rings. The van der Waals surface area contributed by atoms with E-state index in [1.165, 1.54) is 12.7 Å². The Labute approximate surface area is 110 Å². The van der Waals surface area contributed by atoms with Gasteiger partial charge in [-0.05, 0) is 24.7 Å². The van der Waals surface area contributed by atoms with E-state index in [0.717, 1.165) is 17.6 Å². The average molecular weight is 298 g/mol. The molecule has 2 atom stereocenters. The zero-order chi connectivity index (χ0) is 12.4. The van der Waals surface area contributed by atoms with Crippen molar-refractivity contribution in [3.8, 4) is 0 Å². The van der Waals surface area contributed by atoms with Crippen LogP contribution in [0.1, 0.15) is 11.5 Å². The normalized spacial score (nSPS) is 24.9. The van der Waals surface area contributed by atoms with Crippen LogP contribution >= 0.6 is 15.9 Å². The molecule has 92 valence electrons. The predicted octanol–water partition coefficient (Wildman–Crippen LogP) is 2.27. The Morgan fingerprint density at radius 1 is 1.47 bits per heavy atom. The van der Waals surface area contributed by atoms with Crippen molar-refractivity contribution >= 4 is 21.9 Å². The Morgan fingerprint density at radius 2 is 2.24 bits per heavy atom. The summed E-state index contributed by atoms with van der Waals surface area (Å²) in [5.74, 6) is 0.0589. The minimum Gasteiger partial charge on any atom is -0.469 e. The van der Waals surface area contributed by atoms with Gasteiger partial charge in [-0.2, -0.15) is 0 Å². The molecule has 1 fully saturated rings. The molecule has 1 saturated heterocycles. The van der Waals surface area contributed by atoms with E-state index >= 15 is 0 Å². The van der Waals surface area contributed by atoms with Crippen LogP contribution in [0.4, 0.5) is 0 Å². The van der Waals surface area contributed by atoms with Crippen LogP contribution in [0.3, 0.4) is 0 Å². The first-order valence-electron chi connectivity index (χ1n) is 5.63. The number of carbonyl (C=O) groups excluding carboxylic acids is 1. The third kappa shape index (κ3) is 2.69. The summed E-state index contributed by atoms with van der Waals surface area (Å²) in [6.45, 7) is 1.67. The van der Waals surface area contributed by atoms with E-state index in [-0.39, 0.29) is 17.8 Å². The van der Waals surface area contributed by atoms with Crippen LogP contribution in [-0.2, 0) is 9.53 Å². The number of likely N-dealkylation sites (N-methyl/N-ethyl adjacent to an activating group) is 1. The molecule has 1 aliphatic heterocycles. The molecule has 1 heterocycles. The van der Waals surface area contributed by atoms with Crippen molar-refractivity contribution in [1.82, 2.24) is 4.90 Å². The zero-order valence-corrected chi connectivity index (χ0v) is 11.6. The highest BCUT2D eigenvalue weighted by Crippen LogP contribution is 2.33. The number of ether oxygens (including phenoxy) is 1. The second-order valence-corrected chi connectivity index (χ2v) is 5.43. The SMILES string of the molecule is COC(=O)[C@H]1CN(C)C[C@@H]1c1cccc(Br)c1. The van der Waals surface area contributed by atoms with Gasteiger partial charge in [-0.3, -0.25) is 4.79 Å². The molecule has 0 bridgehead atoms. The average Bonchev–Trinajstić information content (AvgIpc) is 2.70. The zero-order valence-electron chi connectivity index (χ0n) is 10.0. The number of halogens is 1. The molecule has 1 aromatic rings. The molecule has 0 unspecified atom stereocenters. The fourth-order valence-electron chi connectivity index (χ4n) is 2.47. The number of hydrogen-bond donors (Lipinski definition) is 0. The molecule has 0 aliphatic carbocycles. The lowest BCUT2D eigenvalue weighted by molar-refractivity contribution is -0.145. The maximum Gasteiger partial charge on any atom is 0.310 e. The van der Waals surface area contributed by atoms with Crippen molar-refractivity contribution in [2.45, 2.75) is 5.92 Å². The number of methoxy groups -OCH3 is 1. The third-order valence-electron chi connectivity index (χ3n) is 3.28. The fraction of sp³-hybridized carbons (Fsp3) is 0.462. The summed E-state index contributed by atoms with van der Waals surface area (Å²) in [7, 11) is 3.49. The van der Waals surface area contributed by atoms with Crippen molar-refractivity contribution in [1.29, 1.82) is 0 Å². The van der Waals surface area contributed by atoms with Crippen LogP contribution < -0.4 is 0 Å². The monoisotopic (exact) mass is 297 g/mol. The van der Waals surface area contributed by atoms with E-state index in [1.54, 1.807) is 0 Å². The number of nitrogens with zero attached hydrogens (tertiary/aromatic N) is 1. The highest BCUT2D eigenvalue weighted by atomic mass is 79.9. The number of benzene rings is 1. The van der Waals surface area contributed by atoms with Gasteiger partial charge in [0.05, 0.1) is 13.0 Å². The van der Waals surface area contributed by atoms with Crippen LogP contribution in [0.2, 0.25) is 0 Å². The van der Waals surface area contributed by atoms with E-state index in [2.05, 4.69) is 33.0 Å². The number of hydrogen-bond acceptors (Lipinski definition) is 3.